The van der Waals surface area contributed by atoms with Crippen molar-refractivity contribution in [2.75, 3.05) is 13.2 Å². The molecule has 2 rings (SSSR count). The van der Waals surface area contributed by atoms with Crippen LogP contribution >= 0.6 is 7.60 Å². The van der Waals surface area contributed by atoms with Crippen LogP contribution in [0.3, 0.4) is 0 Å². The summed E-state index contributed by atoms with van der Waals surface area (Å²) in [4.78, 5) is 24.9. The lowest BCUT2D eigenvalue weighted by Gasteiger charge is -2.24. The number of aromatic amines is 1. The highest BCUT2D eigenvalue weighted by atomic mass is 31.2. The van der Waals surface area contributed by atoms with Crippen molar-refractivity contribution in [2.24, 2.45) is 0 Å². The number of hydrogen-bond donors (Lipinski definition) is 3. The number of aromatic nitrogens is 2. The Morgan fingerprint density at radius 3 is 2.54 bits per heavy atom. The van der Waals surface area contributed by atoms with Crippen molar-refractivity contribution in [3.63, 3.8) is 0 Å². The average molecular weight is 362 g/mol. The number of hydrogen-bond acceptors (Lipinski definition) is 8. The summed E-state index contributed by atoms with van der Waals surface area (Å²) < 4.78 is 28.9. The molecule has 0 aliphatic carbocycles. The first-order valence-electron chi connectivity index (χ1n) is 7.27. The molecule has 0 fully saturated rings. The van der Waals surface area contributed by atoms with Gasteiger partial charge in [0.15, 0.2) is 0 Å². The molecule has 0 aromatic carbocycles. The maximum Gasteiger partial charge on any atom is 0.366 e. The van der Waals surface area contributed by atoms with E-state index in [0.29, 0.717) is 0 Å². The average Bonchev–Trinajstić information content (AvgIpc) is 2.88. The zero-order valence-electron chi connectivity index (χ0n) is 13.1. The summed E-state index contributed by atoms with van der Waals surface area (Å²) in [6.45, 7) is 3.24. The molecule has 3 N–H and O–H groups in total. The maximum absolute atomic E-state index is 12.5. The fraction of sp³-hybridized carbons (Fsp3) is 0.538. The SMILES string of the molecule is CCOP(=O)(OCC)C(O)C1=C[C@@H](O)[C@H](n2ccc(=O)[nH]c2=O)O1. The Balaban J connectivity index is 2.25. The van der Waals surface area contributed by atoms with Crippen LogP contribution in [0.25, 0.3) is 0 Å². The van der Waals surface area contributed by atoms with Crippen molar-refractivity contribution < 1.29 is 28.6 Å². The van der Waals surface area contributed by atoms with Crippen LogP contribution in [-0.4, -0.2) is 44.9 Å². The summed E-state index contributed by atoms with van der Waals surface area (Å²) in [5, 5.41) is 20.3. The van der Waals surface area contributed by atoms with Gasteiger partial charge < -0.3 is 24.0 Å². The molecule has 2 heterocycles. The number of aliphatic hydroxyl groups excluding tert-OH is 2. The lowest BCUT2D eigenvalue weighted by molar-refractivity contribution is -0.0170. The topological polar surface area (TPSA) is 140 Å². The first-order valence-corrected chi connectivity index (χ1v) is 8.88. The number of H-pyrrole nitrogens is 1. The van der Waals surface area contributed by atoms with E-state index in [1.165, 1.54) is 0 Å². The van der Waals surface area contributed by atoms with E-state index in [0.717, 1.165) is 22.9 Å². The summed E-state index contributed by atoms with van der Waals surface area (Å²) in [5.74, 6) is -1.99. The van der Waals surface area contributed by atoms with Gasteiger partial charge in [-0.1, -0.05) is 0 Å². The van der Waals surface area contributed by atoms with E-state index in [4.69, 9.17) is 13.8 Å². The number of rotatable bonds is 7. The maximum atomic E-state index is 12.5. The van der Waals surface area contributed by atoms with E-state index in [2.05, 4.69) is 0 Å². The second kappa shape index (κ2) is 7.45. The van der Waals surface area contributed by atoms with Crippen LogP contribution in [0.15, 0.2) is 33.7 Å². The lowest BCUT2D eigenvalue weighted by Crippen LogP contribution is -2.35. The van der Waals surface area contributed by atoms with Gasteiger partial charge in [-0.15, -0.1) is 0 Å². The quantitative estimate of drug-likeness (QED) is 0.571. The zero-order valence-corrected chi connectivity index (χ0v) is 14.0. The third-order valence-corrected chi connectivity index (χ3v) is 5.27. The second-order valence-corrected chi connectivity index (χ2v) is 6.92. The van der Waals surface area contributed by atoms with Gasteiger partial charge in [0.25, 0.3) is 5.56 Å². The summed E-state index contributed by atoms with van der Waals surface area (Å²) >= 11 is 0. The van der Waals surface area contributed by atoms with E-state index in [1.807, 2.05) is 4.98 Å². The van der Waals surface area contributed by atoms with Crippen LogP contribution in [0.5, 0.6) is 0 Å². The highest BCUT2D eigenvalue weighted by Gasteiger charge is 2.43. The van der Waals surface area contributed by atoms with E-state index in [1.54, 1.807) is 13.8 Å². The molecule has 11 heteroatoms. The molecule has 1 aromatic rings. The molecule has 10 nitrogen and oxygen atoms in total. The standard InChI is InChI=1S/C13H19N2O8P/c1-3-21-24(20,22-4-2)12(18)9-7-8(16)11(23-9)15-6-5-10(17)14-13(15)19/h5-8,11-12,16,18H,3-4H2,1-2H3,(H,14,17,19)/t8-,11-,12?/m1/s1. The molecular formula is C13H19N2O8P. The minimum atomic E-state index is -3.92. The molecule has 0 saturated carbocycles. The van der Waals surface area contributed by atoms with Gasteiger partial charge in [0, 0.05) is 12.3 Å². The molecule has 1 aliphatic rings. The van der Waals surface area contributed by atoms with Gasteiger partial charge in [-0.05, 0) is 19.9 Å². The molecule has 3 atom stereocenters. The van der Waals surface area contributed by atoms with Crippen LogP contribution in [0, 0.1) is 0 Å². The molecule has 0 spiro atoms. The van der Waals surface area contributed by atoms with Crippen molar-refractivity contribution in [3.05, 3.63) is 44.9 Å². The van der Waals surface area contributed by atoms with Crippen LogP contribution in [0.4, 0.5) is 0 Å². The van der Waals surface area contributed by atoms with Gasteiger partial charge in [0.05, 0.1) is 13.2 Å². The molecule has 0 amide bonds. The van der Waals surface area contributed by atoms with E-state index < -0.39 is 37.0 Å². The van der Waals surface area contributed by atoms with Crippen molar-refractivity contribution in [2.45, 2.75) is 32.0 Å². The van der Waals surface area contributed by atoms with Gasteiger partial charge in [0.1, 0.15) is 11.9 Å². The fourth-order valence-corrected chi connectivity index (χ4v) is 3.72. The minimum Gasteiger partial charge on any atom is -0.468 e. The molecule has 0 radical (unpaired) electrons. The van der Waals surface area contributed by atoms with Crippen molar-refractivity contribution in [3.8, 4) is 0 Å². The highest BCUT2D eigenvalue weighted by molar-refractivity contribution is 7.54. The smallest absolute Gasteiger partial charge is 0.366 e. The molecule has 0 saturated heterocycles. The molecule has 1 aromatic heterocycles. The van der Waals surface area contributed by atoms with Gasteiger partial charge >= 0.3 is 13.3 Å². The fourth-order valence-electron chi connectivity index (χ4n) is 2.19. The molecule has 24 heavy (non-hydrogen) atoms. The predicted octanol–water partition coefficient (Wildman–Crippen LogP) is -0.105. The Labute approximate surface area is 136 Å². The van der Waals surface area contributed by atoms with Crippen LogP contribution < -0.4 is 11.2 Å². The second-order valence-electron chi connectivity index (χ2n) is 4.83. The Bertz CT molecular complexity index is 760. The molecule has 0 bridgehead atoms. The van der Waals surface area contributed by atoms with Gasteiger partial charge in [0.2, 0.25) is 12.1 Å². The Kier molecular flexibility index (Phi) is 5.79. The normalized spacial score (nSPS) is 22.1. The third kappa shape index (κ3) is 3.68. The minimum absolute atomic E-state index is 0.0347. The lowest BCUT2D eigenvalue weighted by atomic mass is 10.3. The number of aliphatic hydroxyl groups is 2. The van der Waals surface area contributed by atoms with Crippen LogP contribution in [-0.2, 0) is 18.3 Å². The van der Waals surface area contributed by atoms with E-state index in [-0.39, 0.29) is 19.0 Å². The first kappa shape index (κ1) is 18.6. The Hall–Kier alpha value is -1.71. The largest absolute Gasteiger partial charge is 0.468 e. The number of nitrogens with zero attached hydrogens (tertiary/aromatic N) is 1. The molecule has 134 valence electrons. The van der Waals surface area contributed by atoms with Gasteiger partial charge in [-0.3, -0.25) is 18.9 Å². The molecular weight excluding hydrogens is 343 g/mol. The predicted molar refractivity (Wildman–Crippen MR) is 82.4 cm³/mol. The summed E-state index contributed by atoms with van der Waals surface area (Å²) in [5.41, 5.74) is -1.40. The monoisotopic (exact) mass is 362 g/mol. The number of ether oxygens (including phenoxy) is 1. The van der Waals surface area contributed by atoms with Crippen LogP contribution in [0.1, 0.15) is 20.1 Å². The Morgan fingerprint density at radius 1 is 1.38 bits per heavy atom. The van der Waals surface area contributed by atoms with E-state index >= 15 is 0 Å². The highest BCUT2D eigenvalue weighted by Crippen LogP contribution is 2.55. The first-order chi connectivity index (χ1) is 11.3. The number of nitrogens with one attached hydrogen (secondary N) is 1. The van der Waals surface area contributed by atoms with Gasteiger partial charge in [-0.2, -0.15) is 0 Å². The van der Waals surface area contributed by atoms with Gasteiger partial charge in [-0.25, -0.2) is 4.79 Å². The van der Waals surface area contributed by atoms with Crippen molar-refractivity contribution >= 4 is 7.60 Å². The Morgan fingerprint density at radius 2 is 2.00 bits per heavy atom. The third-order valence-electron chi connectivity index (χ3n) is 3.18. The summed E-state index contributed by atoms with van der Waals surface area (Å²) in [7, 11) is -3.92. The summed E-state index contributed by atoms with van der Waals surface area (Å²) in [6.07, 6.45) is -0.286. The molecule has 1 aliphatic heterocycles. The van der Waals surface area contributed by atoms with Crippen molar-refractivity contribution in [1.82, 2.24) is 9.55 Å². The van der Waals surface area contributed by atoms with Crippen LogP contribution in [0.2, 0.25) is 0 Å². The van der Waals surface area contributed by atoms with E-state index in [9.17, 15) is 24.4 Å². The zero-order chi connectivity index (χ0) is 17.9. The summed E-state index contributed by atoms with van der Waals surface area (Å²) in [6, 6.07) is 1.08. The molecule has 1 unspecified atom stereocenters. The van der Waals surface area contributed by atoms with Crippen molar-refractivity contribution in [1.29, 1.82) is 0 Å².